The van der Waals surface area contributed by atoms with Gasteiger partial charge in [-0.15, -0.1) is 0 Å². The number of aryl methyl sites for hydroxylation is 1. The summed E-state index contributed by atoms with van der Waals surface area (Å²) in [5.74, 6) is -0.493. The summed E-state index contributed by atoms with van der Waals surface area (Å²) in [5.41, 5.74) is 1.31. The number of fused-ring (bicyclic) bond motifs is 1. The third-order valence-corrected chi connectivity index (χ3v) is 5.72. The normalized spacial score (nSPS) is 12.4. The van der Waals surface area contributed by atoms with E-state index in [1.165, 1.54) is 4.57 Å². The number of urea groups is 1. The molecule has 3 amide bonds. The van der Waals surface area contributed by atoms with Gasteiger partial charge < -0.3 is 5.32 Å². The van der Waals surface area contributed by atoms with Crippen LogP contribution >= 0.6 is 23.4 Å². The van der Waals surface area contributed by atoms with Crippen LogP contribution in [0.5, 0.6) is 0 Å². The number of aromatic nitrogens is 2. The number of carbonyl (C=O) groups is 2. The van der Waals surface area contributed by atoms with Crippen LogP contribution < -0.4 is 16.2 Å². The lowest BCUT2D eigenvalue weighted by Crippen LogP contribution is -2.49. The van der Waals surface area contributed by atoms with E-state index in [-0.39, 0.29) is 5.56 Å². The zero-order chi connectivity index (χ0) is 23.6. The van der Waals surface area contributed by atoms with Crippen LogP contribution in [0.3, 0.4) is 0 Å². The summed E-state index contributed by atoms with van der Waals surface area (Å²) >= 11 is 7.19. The molecule has 0 saturated carbocycles. The fourth-order valence-corrected chi connectivity index (χ4v) is 4.10. The van der Waals surface area contributed by atoms with Crippen LogP contribution in [0.1, 0.15) is 33.3 Å². The number of hydrogen-bond acceptors (Lipinski definition) is 5. The lowest BCUT2D eigenvalue weighted by atomic mass is 10.1. The minimum absolute atomic E-state index is 0.266. The number of rotatable bonds is 4. The highest BCUT2D eigenvalue weighted by Crippen LogP contribution is 2.26. The fourth-order valence-electron chi connectivity index (χ4n) is 3.01. The average Bonchev–Trinajstić information content (AvgIpc) is 2.66. The number of hydrogen-bond donors (Lipinski definition) is 2. The Morgan fingerprint density at radius 2 is 1.88 bits per heavy atom. The van der Waals surface area contributed by atoms with Crippen LogP contribution in [-0.4, -0.2) is 32.3 Å². The molecule has 9 heteroatoms. The third kappa shape index (κ3) is 5.69. The monoisotopic (exact) mass is 472 g/mol. The van der Waals surface area contributed by atoms with E-state index >= 15 is 0 Å². The SMILES string of the molecule is Cc1cccc(-n2c(SC(C)C(=O)NC(=O)NC(C)(C)C)nc3cc(Cl)ccc3c2=O)c1. The van der Waals surface area contributed by atoms with Gasteiger partial charge in [-0.1, -0.05) is 35.5 Å². The molecular weight excluding hydrogens is 448 g/mol. The first-order valence-electron chi connectivity index (χ1n) is 10.0. The standard InChI is InChI=1S/C23H25ClN4O3S/c1-13-7-6-8-16(11-13)28-20(30)17-10-9-15(24)12-18(17)25-22(28)32-14(2)19(29)26-21(31)27-23(3,4)5/h6-12,14H,1-5H3,(H2,26,27,29,31). The number of halogens is 1. The predicted octanol–water partition coefficient (Wildman–Crippen LogP) is 4.45. The van der Waals surface area contributed by atoms with Crippen LogP contribution in [0.2, 0.25) is 5.02 Å². The molecule has 0 aliphatic heterocycles. The van der Waals surface area contributed by atoms with Gasteiger partial charge >= 0.3 is 6.03 Å². The minimum Gasteiger partial charge on any atom is -0.333 e. The summed E-state index contributed by atoms with van der Waals surface area (Å²) in [6.45, 7) is 9.04. The number of amides is 3. The first-order valence-corrected chi connectivity index (χ1v) is 11.3. The summed E-state index contributed by atoms with van der Waals surface area (Å²) in [6, 6.07) is 11.8. The highest BCUT2D eigenvalue weighted by Gasteiger charge is 2.23. The molecule has 2 N–H and O–H groups in total. The Bertz CT molecular complexity index is 1250. The second kappa shape index (κ2) is 9.34. The molecule has 0 aliphatic rings. The molecule has 0 spiro atoms. The smallest absolute Gasteiger partial charge is 0.321 e. The van der Waals surface area contributed by atoms with Crippen molar-refractivity contribution in [2.75, 3.05) is 0 Å². The summed E-state index contributed by atoms with van der Waals surface area (Å²) in [6.07, 6.45) is 0. The van der Waals surface area contributed by atoms with Gasteiger partial charge in [0.05, 0.1) is 21.8 Å². The highest BCUT2D eigenvalue weighted by atomic mass is 35.5. The van der Waals surface area contributed by atoms with Gasteiger partial charge in [0, 0.05) is 10.6 Å². The second-order valence-electron chi connectivity index (χ2n) is 8.49. The number of nitrogens with zero attached hydrogens (tertiary/aromatic N) is 2. The van der Waals surface area contributed by atoms with Crippen molar-refractivity contribution in [3.63, 3.8) is 0 Å². The van der Waals surface area contributed by atoms with Crippen LogP contribution in [0, 0.1) is 6.92 Å². The summed E-state index contributed by atoms with van der Waals surface area (Å²) in [5, 5.41) is 5.53. The van der Waals surface area contributed by atoms with Crippen molar-refractivity contribution < 1.29 is 9.59 Å². The molecule has 3 aromatic rings. The summed E-state index contributed by atoms with van der Waals surface area (Å²) in [7, 11) is 0. The van der Waals surface area contributed by atoms with Crippen LogP contribution in [0.4, 0.5) is 4.79 Å². The van der Waals surface area contributed by atoms with Gasteiger partial charge in [-0.3, -0.25) is 19.5 Å². The lowest BCUT2D eigenvalue weighted by Gasteiger charge is -2.21. The van der Waals surface area contributed by atoms with E-state index in [2.05, 4.69) is 15.6 Å². The van der Waals surface area contributed by atoms with Crippen molar-refractivity contribution in [2.45, 2.75) is 50.6 Å². The predicted molar refractivity (Wildman–Crippen MR) is 129 cm³/mol. The molecular formula is C23H25ClN4O3S. The first-order chi connectivity index (χ1) is 14.9. The molecule has 32 heavy (non-hydrogen) atoms. The molecule has 3 rings (SSSR count). The maximum absolute atomic E-state index is 13.4. The quantitative estimate of drug-likeness (QED) is 0.432. The van der Waals surface area contributed by atoms with E-state index in [1.54, 1.807) is 25.1 Å². The van der Waals surface area contributed by atoms with Crippen molar-refractivity contribution in [2.24, 2.45) is 0 Å². The Balaban J connectivity index is 2.01. The lowest BCUT2D eigenvalue weighted by molar-refractivity contribution is -0.119. The van der Waals surface area contributed by atoms with Gasteiger partial charge in [-0.2, -0.15) is 0 Å². The van der Waals surface area contributed by atoms with E-state index < -0.39 is 22.7 Å². The zero-order valence-corrected chi connectivity index (χ0v) is 20.1. The molecule has 7 nitrogen and oxygen atoms in total. The Morgan fingerprint density at radius 1 is 1.16 bits per heavy atom. The fraction of sp³-hybridized carbons (Fsp3) is 0.304. The maximum Gasteiger partial charge on any atom is 0.321 e. The van der Waals surface area contributed by atoms with Crippen LogP contribution in [0.25, 0.3) is 16.6 Å². The van der Waals surface area contributed by atoms with E-state index in [0.717, 1.165) is 17.3 Å². The molecule has 2 aromatic carbocycles. The molecule has 1 atom stereocenters. The van der Waals surface area contributed by atoms with Crippen LogP contribution in [-0.2, 0) is 4.79 Å². The van der Waals surface area contributed by atoms with Gasteiger partial charge in [0.25, 0.3) is 5.56 Å². The number of carbonyl (C=O) groups excluding carboxylic acids is 2. The minimum atomic E-state index is -0.694. The zero-order valence-electron chi connectivity index (χ0n) is 18.5. The number of benzene rings is 2. The number of thioether (sulfide) groups is 1. The summed E-state index contributed by atoms with van der Waals surface area (Å²) < 4.78 is 1.48. The molecule has 0 bridgehead atoms. The number of imide groups is 1. The van der Waals surface area contributed by atoms with Gasteiger partial charge in [0.1, 0.15) is 0 Å². The first kappa shape index (κ1) is 23.8. The molecule has 0 fully saturated rings. The van der Waals surface area contributed by atoms with E-state index in [1.807, 2.05) is 52.0 Å². The van der Waals surface area contributed by atoms with E-state index in [9.17, 15) is 14.4 Å². The largest absolute Gasteiger partial charge is 0.333 e. The molecule has 1 heterocycles. The van der Waals surface area contributed by atoms with E-state index in [4.69, 9.17) is 11.6 Å². The molecule has 0 saturated heterocycles. The second-order valence-corrected chi connectivity index (χ2v) is 10.2. The topological polar surface area (TPSA) is 93.1 Å². The Hall–Kier alpha value is -2.84. The van der Waals surface area contributed by atoms with Crippen molar-refractivity contribution in [1.82, 2.24) is 20.2 Å². The molecule has 0 radical (unpaired) electrons. The van der Waals surface area contributed by atoms with Gasteiger partial charge in [-0.25, -0.2) is 9.78 Å². The Kier molecular flexibility index (Phi) is 6.95. The third-order valence-electron chi connectivity index (χ3n) is 4.44. The Morgan fingerprint density at radius 3 is 2.53 bits per heavy atom. The molecule has 168 valence electrons. The van der Waals surface area contributed by atoms with Crippen molar-refractivity contribution in [3.05, 3.63) is 63.4 Å². The number of nitrogens with one attached hydrogen (secondary N) is 2. The Labute approximate surface area is 195 Å². The molecule has 1 unspecified atom stereocenters. The maximum atomic E-state index is 13.4. The van der Waals surface area contributed by atoms with Gasteiger partial charge in [0.15, 0.2) is 5.16 Å². The molecule has 1 aromatic heterocycles. The van der Waals surface area contributed by atoms with Gasteiger partial charge in [0.2, 0.25) is 5.91 Å². The van der Waals surface area contributed by atoms with Crippen molar-refractivity contribution in [1.29, 1.82) is 0 Å². The van der Waals surface area contributed by atoms with Crippen LogP contribution in [0.15, 0.2) is 52.4 Å². The molecule has 0 aliphatic carbocycles. The van der Waals surface area contributed by atoms with Crippen molar-refractivity contribution >= 4 is 46.2 Å². The van der Waals surface area contributed by atoms with Crippen molar-refractivity contribution in [3.8, 4) is 5.69 Å². The average molecular weight is 473 g/mol. The van der Waals surface area contributed by atoms with Gasteiger partial charge in [-0.05, 0) is 70.5 Å². The summed E-state index contributed by atoms with van der Waals surface area (Å²) in [4.78, 5) is 42.7. The van der Waals surface area contributed by atoms with E-state index in [0.29, 0.717) is 26.8 Å². The highest BCUT2D eigenvalue weighted by molar-refractivity contribution is 8.00.